The maximum Gasteiger partial charge on any atom is 0.270 e. The third kappa shape index (κ3) is 1.97. The highest BCUT2D eigenvalue weighted by molar-refractivity contribution is 6.09. The first kappa shape index (κ1) is 12.2. The number of nitrogens with zero attached hydrogens (tertiary/aromatic N) is 2. The number of nitro groups is 1. The fraction of sp³-hybridized carbons (Fsp3) is 0.333. The minimum absolute atomic E-state index is 0.0856. The third-order valence-electron chi connectivity index (χ3n) is 2.95. The van der Waals surface area contributed by atoms with Crippen molar-refractivity contribution in [3.8, 4) is 0 Å². The number of non-ortho nitro benzene ring substituents is 1. The number of benzene rings is 1. The van der Waals surface area contributed by atoms with E-state index in [9.17, 15) is 19.7 Å². The number of ketones is 1. The summed E-state index contributed by atoms with van der Waals surface area (Å²) in [5.41, 5.74) is 0.605. The molecule has 1 heterocycles. The van der Waals surface area contributed by atoms with E-state index in [-0.39, 0.29) is 29.4 Å². The number of carbonyl (C=O) groups excluding carboxylic acids is 2. The zero-order valence-electron chi connectivity index (χ0n) is 9.88. The average molecular weight is 248 g/mol. The van der Waals surface area contributed by atoms with Gasteiger partial charge in [0.25, 0.3) is 5.69 Å². The smallest absolute Gasteiger partial charge is 0.270 e. The summed E-state index contributed by atoms with van der Waals surface area (Å²) in [6.07, 6.45) is 0.546. The van der Waals surface area contributed by atoms with E-state index in [1.807, 2.05) is 0 Å². The summed E-state index contributed by atoms with van der Waals surface area (Å²) in [6, 6.07) is 4.03. The lowest BCUT2D eigenvalue weighted by atomic mass is 9.99. The topological polar surface area (TPSA) is 80.5 Å². The van der Waals surface area contributed by atoms with Crippen LogP contribution in [0.5, 0.6) is 0 Å². The van der Waals surface area contributed by atoms with Crippen molar-refractivity contribution in [2.75, 3.05) is 11.4 Å². The molecular formula is C12H12N2O4. The van der Waals surface area contributed by atoms with Gasteiger partial charge in [-0.15, -0.1) is 0 Å². The zero-order chi connectivity index (χ0) is 13.3. The third-order valence-corrected chi connectivity index (χ3v) is 2.95. The van der Waals surface area contributed by atoms with Gasteiger partial charge in [-0.3, -0.25) is 19.7 Å². The van der Waals surface area contributed by atoms with E-state index in [2.05, 4.69) is 0 Å². The van der Waals surface area contributed by atoms with E-state index >= 15 is 0 Å². The summed E-state index contributed by atoms with van der Waals surface area (Å²) >= 11 is 0. The van der Waals surface area contributed by atoms with E-state index in [4.69, 9.17) is 0 Å². The highest BCUT2D eigenvalue weighted by atomic mass is 16.6. The number of fused-ring (bicyclic) bond motifs is 1. The van der Waals surface area contributed by atoms with E-state index in [0.29, 0.717) is 18.7 Å². The number of Topliss-reactive ketones (excluding diaryl/α,β-unsaturated/α-hetero) is 1. The van der Waals surface area contributed by atoms with Gasteiger partial charge in [0.05, 0.1) is 10.6 Å². The summed E-state index contributed by atoms with van der Waals surface area (Å²) in [5.74, 6) is -0.244. The van der Waals surface area contributed by atoms with Crippen LogP contribution in [0.3, 0.4) is 0 Å². The Kier molecular flexibility index (Phi) is 3.10. The molecule has 1 aliphatic rings. The van der Waals surface area contributed by atoms with Crippen LogP contribution in [0.15, 0.2) is 18.2 Å². The van der Waals surface area contributed by atoms with Gasteiger partial charge in [-0.05, 0) is 6.07 Å². The zero-order valence-corrected chi connectivity index (χ0v) is 9.88. The van der Waals surface area contributed by atoms with Crippen LogP contribution in [0.2, 0.25) is 0 Å². The van der Waals surface area contributed by atoms with Gasteiger partial charge in [0.2, 0.25) is 5.91 Å². The number of nitro benzene ring substituents is 1. The van der Waals surface area contributed by atoms with Gasteiger partial charge in [-0.25, -0.2) is 0 Å². The first-order chi connectivity index (χ1) is 8.54. The van der Waals surface area contributed by atoms with Crippen molar-refractivity contribution in [3.05, 3.63) is 33.9 Å². The second-order valence-electron chi connectivity index (χ2n) is 4.03. The number of carbonyl (C=O) groups is 2. The molecule has 1 amide bonds. The van der Waals surface area contributed by atoms with Gasteiger partial charge in [0.1, 0.15) is 0 Å². The molecule has 18 heavy (non-hydrogen) atoms. The van der Waals surface area contributed by atoms with Crippen molar-refractivity contribution >= 4 is 23.1 Å². The van der Waals surface area contributed by atoms with Crippen molar-refractivity contribution in [1.29, 1.82) is 0 Å². The molecule has 1 aromatic rings. The van der Waals surface area contributed by atoms with Gasteiger partial charge in [0.15, 0.2) is 5.78 Å². The highest BCUT2D eigenvalue weighted by Crippen LogP contribution is 2.30. The maximum absolute atomic E-state index is 11.8. The molecule has 0 aromatic heterocycles. The van der Waals surface area contributed by atoms with Crippen LogP contribution in [0.25, 0.3) is 0 Å². The van der Waals surface area contributed by atoms with Crippen LogP contribution in [0, 0.1) is 10.1 Å². The summed E-state index contributed by atoms with van der Waals surface area (Å²) in [4.78, 5) is 35.1. The molecule has 0 aliphatic carbocycles. The van der Waals surface area contributed by atoms with Crippen LogP contribution in [0.1, 0.15) is 30.1 Å². The Morgan fingerprint density at radius 1 is 1.50 bits per heavy atom. The highest BCUT2D eigenvalue weighted by Gasteiger charge is 2.28. The number of rotatable bonds is 2. The summed E-state index contributed by atoms with van der Waals surface area (Å²) < 4.78 is 0. The standard InChI is InChI=1S/C12H12N2O4/c1-2-12(16)13-6-5-11(15)9-7-8(14(17)18)3-4-10(9)13/h3-4,7H,2,5-6H2,1H3. The van der Waals surface area contributed by atoms with Crippen molar-refractivity contribution in [2.24, 2.45) is 0 Å². The van der Waals surface area contributed by atoms with Crippen molar-refractivity contribution in [3.63, 3.8) is 0 Å². The van der Waals surface area contributed by atoms with Gasteiger partial charge in [-0.2, -0.15) is 0 Å². The number of anilines is 1. The molecule has 0 N–H and O–H groups in total. The first-order valence-corrected chi connectivity index (χ1v) is 5.66. The molecule has 0 radical (unpaired) electrons. The van der Waals surface area contributed by atoms with Gasteiger partial charge < -0.3 is 4.90 Å². The SMILES string of the molecule is CCC(=O)N1CCC(=O)c2cc([N+](=O)[O-])ccc21. The second kappa shape index (κ2) is 4.56. The van der Waals surface area contributed by atoms with Gasteiger partial charge >= 0.3 is 0 Å². The van der Waals surface area contributed by atoms with Crippen molar-refractivity contribution in [1.82, 2.24) is 0 Å². The Balaban J connectivity index is 2.50. The number of amides is 1. The summed E-state index contributed by atoms with van der Waals surface area (Å²) in [5, 5.41) is 10.7. The quantitative estimate of drug-likeness (QED) is 0.591. The molecule has 0 saturated carbocycles. The van der Waals surface area contributed by atoms with Gasteiger partial charge in [-0.1, -0.05) is 6.92 Å². The molecule has 6 heteroatoms. The maximum atomic E-state index is 11.8. The molecule has 0 saturated heterocycles. The Morgan fingerprint density at radius 3 is 2.83 bits per heavy atom. The molecule has 1 aromatic carbocycles. The van der Waals surface area contributed by atoms with Crippen LogP contribution >= 0.6 is 0 Å². The Bertz CT molecular complexity index is 539. The largest absolute Gasteiger partial charge is 0.311 e. The minimum atomic E-state index is -0.547. The summed E-state index contributed by atoms with van der Waals surface area (Å²) in [7, 11) is 0. The fourth-order valence-corrected chi connectivity index (χ4v) is 2.01. The van der Waals surface area contributed by atoms with Crippen LogP contribution in [-0.4, -0.2) is 23.2 Å². The molecular weight excluding hydrogens is 236 g/mol. The first-order valence-electron chi connectivity index (χ1n) is 5.66. The molecule has 0 unspecified atom stereocenters. The predicted molar refractivity (Wildman–Crippen MR) is 64.7 cm³/mol. The van der Waals surface area contributed by atoms with Crippen molar-refractivity contribution in [2.45, 2.75) is 19.8 Å². The molecule has 0 atom stereocenters. The molecule has 0 spiro atoms. The fourth-order valence-electron chi connectivity index (χ4n) is 2.01. The molecule has 2 rings (SSSR count). The lowest BCUT2D eigenvalue weighted by molar-refractivity contribution is -0.384. The molecule has 6 nitrogen and oxygen atoms in total. The lowest BCUT2D eigenvalue weighted by Crippen LogP contribution is -2.36. The van der Waals surface area contributed by atoms with Crippen LogP contribution < -0.4 is 4.90 Å². The molecule has 1 aliphatic heterocycles. The van der Waals surface area contributed by atoms with Gasteiger partial charge in [0, 0.05) is 37.1 Å². The van der Waals surface area contributed by atoms with Crippen LogP contribution in [0.4, 0.5) is 11.4 Å². The van der Waals surface area contributed by atoms with Crippen molar-refractivity contribution < 1.29 is 14.5 Å². The van der Waals surface area contributed by atoms with E-state index in [1.54, 1.807) is 6.92 Å². The second-order valence-corrected chi connectivity index (χ2v) is 4.03. The Morgan fingerprint density at radius 2 is 2.22 bits per heavy atom. The predicted octanol–water partition coefficient (Wildman–Crippen LogP) is 1.92. The summed E-state index contributed by atoms with van der Waals surface area (Å²) in [6.45, 7) is 2.08. The average Bonchev–Trinajstić information content (AvgIpc) is 2.38. The molecule has 94 valence electrons. The van der Waals surface area contributed by atoms with E-state index < -0.39 is 4.92 Å². The Hall–Kier alpha value is -2.24. The monoisotopic (exact) mass is 248 g/mol. The molecule has 0 bridgehead atoms. The van der Waals surface area contributed by atoms with E-state index in [0.717, 1.165) is 0 Å². The van der Waals surface area contributed by atoms with Crippen LogP contribution in [-0.2, 0) is 4.79 Å². The number of hydrogen-bond acceptors (Lipinski definition) is 4. The normalized spacial score (nSPS) is 14.3. The Labute approximate surface area is 103 Å². The minimum Gasteiger partial charge on any atom is -0.311 e. The van der Waals surface area contributed by atoms with E-state index in [1.165, 1.54) is 23.1 Å². The number of hydrogen-bond donors (Lipinski definition) is 0. The molecule has 0 fully saturated rings. The lowest BCUT2D eigenvalue weighted by Gasteiger charge is -2.28.